The molecule has 1 aromatic carbocycles. The average Bonchev–Trinajstić information content (AvgIpc) is 2.48. The van der Waals surface area contributed by atoms with Gasteiger partial charge in [-0.3, -0.25) is 4.79 Å². The number of carbonyl (C=O) groups excluding carboxylic acids is 1. The van der Waals surface area contributed by atoms with E-state index in [-0.39, 0.29) is 0 Å². The second-order valence-electron chi connectivity index (χ2n) is 6.50. The fourth-order valence-electron chi connectivity index (χ4n) is 3.62. The number of fused-ring (bicyclic) bond motifs is 1. The molecule has 1 fully saturated rings. The van der Waals surface area contributed by atoms with Crippen LogP contribution in [0, 0.1) is 11.8 Å². The van der Waals surface area contributed by atoms with Crippen LogP contribution in [-0.4, -0.2) is 12.4 Å². The van der Waals surface area contributed by atoms with Gasteiger partial charge in [0.1, 0.15) is 11.5 Å². The van der Waals surface area contributed by atoms with Crippen molar-refractivity contribution in [2.45, 2.75) is 51.4 Å². The molecule has 0 saturated heterocycles. The molecule has 1 heterocycles. The zero-order valence-corrected chi connectivity index (χ0v) is 12.3. The second kappa shape index (κ2) is 5.99. The van der Waals surface area contributed by atoms with E-state index in [0.29, 0.717) is 24.0 Å². The molecule has 1 aliphatic heterocycles. The van der Waals surface area contributed by atoms with Gasteiger partial charge >= 0.3 is 0 Å². The summed E-state index contributed by atoms with van der Waals surface area (Å²) in [6, 6.07) is 8.20. The molecule has 1 saturated carbocycles. The van der Waals surface area contributed by atoms with Crippen LogP contribution in [0.5, 0.6) is 5.75 Å². The largest absolute Gasteiger partial charge is 0.493 e. The van der Waals surface area contributed by atoms with Crippen molar-refractivity contribution in [3.63, 3.8) is 0 Å². The van der Waals surface area contributed by atoms with E-state index in [1.807, 2.05) is 18.2 Å². The standard InChI is InChI=1S/C18H24O2/c1-13-6-8-14(9-7-13)17(19)12-15-10-11-20-18-5-3-2-4-16(15)18/h2-5,13-15H,6-12H2,1H3. The minimum Gasteiger partial charge on any atom is -0.493 e. The zero-order valence-electron chi connectivity index (χ0n) is 12.3. The molecule has 0 spiro atoms. The fraction of sp³-hybridized carbons (Fsp3) is 0.611. The summed E-state index contributed by atoms with van der Waals surface area (Å²) in [6.07, 6.45) is 6.34. The number of carbonyl (C=O) groups is 1. The number of para-hydroxylation sites is 1. The topological polar surface area (TPSA) is 26.3 Å². The molecular formula is C18H24O2. The highest BCUT2D eigenvalue weighted by molar-refractivity contribution is 5.82. The Morgan fingerprint density at radius 2 is 1.90 bits per heavy atom. The molecule has 0 aromatic heterocycles. The lowest BCUT2D eigenvalue weighted by Crippen LogP contribution is -2.24. The van der Waals surface area contributed by atoms with Gasteiger partial charge < -0.3 is 4.74 Å². The van der Waals surface area contributed by atoms with Crippen LogP contribution >= 0.6 is 0 Å². The van der Waals surface area contributed by atoms with Crippen molar-refractivity contribution in [2.24, 2.45) is 11.8 Å². The third-order valence-electron chi connectivity index (χ3n) is 5.00. The van der Waals surface area contributed by atoms with Gasteiger partial charge in [0, 0.05) is 12.3 Å². The number of benzene rings is 1. The van der Waals surface area contributed by atoms with Crippen molar-refractivity contribution in [1.29, 1.82) is 0 Å². The smallest absolute Gasteiger partial charge is 0.136 e. The summed E-state index contributed by atoms with van der Waals surface area (Å²) in [5.74, 6) is 2.96. The van der Waals surface area contributed by atoms with Crippen LogP contribution in [0.25, 0.3) is 0 Å². The molecule has 2 heteroatoms. The Kier molecular flexibility index (Phi) is 4.09. The predicted molar refractivity (Wildman–Crippen MR) is 80.0 cm³/mol. The van der Waals surface area contributed by atoms with Crippen molar-refractivity contribution in [2.75, 3.05) is 6.61 Å². The van der Waals surface area contributed by atoms with Gasteiger partial charge in [0.25, 0.3) is 0 Å². The van der Waals surface area contributed by atoms with E-state index in [1.54, 1.807) is 0 Å². The molecule has 20 heavy (non-hydrogen) atoms. The van der Waals surface area contributed by atoms with Gasteiger partial charge in [-0.05, 0) is 42.7 Å². The van der Waals surface area contributed by atoms with Gasteiger partial charge in [0.05, 0.1) is 6.61 Å². The molecular weight excluding hydrogens is 248 g/mol. The average molecular weight is 272 g/mol. The molecule has 1 aliphatic carbocycles. The molecule has 0 N–H and O–H groups in total. The van der Waals surface area contributed by atoms with E-state index in [4.69, 9.17) is 4.74 Å². The molecule has 3 rings (SSSR count). The first kappa shape index (κ1) is 13.7. The van der Waals surface area contributed by atoms with Crippen molar-refractivity contribution < 1.29 is 9.53 Å². The summed E-state index contributed by atoms with van der Waals surface area (Å²) >= 11 is 0. The van der Waals surface area contributed by atoms with E-state index in [2.05, 4.69) is 13.0 Å². The number of Topliss-reactive ketones (excluding diaryl/α,β-unsaturated/α-hetero) is 1. The van der Waals surface area contributed by atoms with Gasteiger partial charge in [-0.2, -0.15) is 0 Å². The predicted octanol–water partition coefficient (Wildman–Crippen LogP) is 4.34. The molecule has 1 atom stereocenters. The number of hydrogen-bond donors (Lipinski definition) is 0. The van der Waals surface area contributed by atoms with Gasteiger partial charge in [-0.1, -0.05) is 38.0 Å². The van der Waals surface area contributed by atoms with Gasteiger partial charge in [0.15, 0.2) is 0 Å². The Morgan fingerprint density at radius 1 is 1.15 bits per heavy atom. The Labute approximate surface area is 121 Å². The number of rotatable bonds is 3. The van der Waals surface area contributed by atoms with Crippen molar-refractivity contribution in [3.05, 3.63) is 29.8 Å². The minimum absolute atomic E-state index is 0.321. The lowest BCUT2D eigenvalue weighted by Gasteiger charge is -2.29. The van der Waals surface area contributed by atoms with Gasteiger partial charge in [-0.15, -0.1) is 0 Å². The number of ether oxygens (including phenoxy) is 1. The SMILES string of the molecule is CC1CCC(C(=O)CC2CCOc3ccccc32)CC1. The first-order valence-electron chi connectivity index (χ1n) is 7.98. The number of hydrogen-bond acceptors (Lipinski definition) is 2. The lowest BCUT2D eigenvalue weighted by atomic mass is 9.77. The Balaban J connectivity index is 1.65. The van der Waals surface area contributed by atoms with Gasteiger partial charge in [0.2, 0.25) is 0 Å². The van der Waals surface area contributed by atoms with Crippen LogP contribution in [0.2, 0.25) is 0 Å². The summed E-state index contributed by atoms with van der Waals surface area (Å²) < 4.78 is 5.68. The number of ketones is 1. The summed E-state index contributed by atoms with van der Waals surface area (Å²) in [4.78, 5) is 12.5. The van der Waals surface area contributed by atoms with Crippen molar-refractivity contribution in [3.8, 4) is 5.75 Å². The molecule has 0 amide bonds. The molecule has 1 unspecified atom stereocenters. The molecule has 2 nitrogen and oxygen atoms in total. The third kappa shape index (κ3) is 2.89. The monoisotopic (exact) mass is 272 g/mol. The maximum absolute atomic E-state index is 12.5. The van der Waals surface area contributed by atoms with Crippen LogP contribution < -0.4 is 4.74 Å². The molecule has 0 bridgehead atoms. The van der Waals surface area contributed by atoms with E-state index in [9.17, 15) is 4.79 Å². The highest BCUT2D eigenvalue weighted by Gasteiger charge is 2.29. The first-order chi connectivity index (χ1) is 9.74. The lowest BCUT2D eigenvalue weighted by molar-refractivity contribution is -0.124. The fourth-order valence-corrected chi connectivity index (χ4v) is 3.62. The van der Waals surface area contributed by atoms with Gasteiger partial charge in [-0.25, -0.2) is 0 Å². The van der Waals surface area contributed by atoms with Crippen LogP contribution in [-0.2, 0) is 4.79 Å². The zero-order chi connectivity index (χ0) is 13.9. The van der Waals surface area contributed by atoms with E-state index in [0.717, 1.165) is 37.5 Å². The summed E-state index contributed by atoms with van der Waals surface area (Å²) in [6.45, 7) is 3.05. The van der Waals surface area contributed by atoms with Crippen LogP contribution in [0.15, 0.2) is 24.3 Å². The van der Waals surface area contributed by atoms with E-state index >= 15 is 0 Å². The molecule has 2 aliphatic rings. The van der Waals surface area contributed by atoms with Crippen LogP contribution in [0.4, 0.5) is 0 Å². The Morgan fingerprint density at radius 3 is 2.70 bits per heavy atom. The highest BCUT2D eigenvalue weighted by Crippen LogP contribution is 2.38. The Hall–Kier alpha value is -1.31. The van der Waals surface area contributed by atoms with Crippen molar-refractivity contribution >= 4 is 5.78 Å². The molecule has 108 valence electrons. The van der Waals surface area contributed by atoms with E-state index < -0.39 is 0 Å². The normalized spacial score (nSPS) is 29.4. The molecule has 1 aromatic rings. The van der Waals surface area contributed by atoms with Crippen LogP contribution in [0.1, 0.15) is 56.9 Å². The second-order valence-corrected chi connectivity index (χ2v) is 6.50. The van der Waals surface area contributed by atoms with Crippen LogP contribution in [0.3, 0.4) is 0 Å². The Bertz CT molecular complexity index is 472. The summed E-state index contributed by atoms with van der Waals surface area (Å²) in [5, 5.41) is 0. The maximum atomic E-state index is 12.5. The summed E-state index contributed by atoms with van der Waals surface area (Å²) in [7, 11) is 0. The van der Waals surface area contributed by atoms with Crippen molar-refractivity contribution in [1.82, 2.24) is 0 Å². The maximum Gasteiger partial charge on any atom is 0.136 e. The molecule has 0 radical (unpaired) electrons. The van der Waals surface area contributed by atoms with E-state index in [1.165, 1.54) is 18.4 Å². The third-order valence-corrected chi connectivity index (χ3v) is 5.00. The first-order valence-corrected chi connectivity index (χ1v) is 7.98. The minimum atomic E-state index is 0.321. The highest BCUT2D eigenvalue weighted by atomic mass is 16.5. The summed E-state index contributed by atoms with van der Waals surface area (Å²) in [5.41, 5.74) is 1.23. The quantitative estimate of drug-likeness (QED) is 0.818.